The van der Waals surface area contributed by atoms with Crippen molar-refractivity contribution in [2.75, 3.05) is 11.4 Å². The number of aromatic nitrogens is 4. The molecular weight excluding hydrogens is 266 g/mol. The van der Waals surface area contributed by atoms with Gasteiger partial charge in [-0.3, -0.25) is 0 Å². The number of tetrazole rings is 1. The minimum atomic E-state index is -0.351. The highest BCUT2D eigenvalue weighted by atomic mass is 16.3. The molecule has 0 saturated heterocycles. The second-order valence-electron chi connectivity index (χ2n) is 5.55. The van der Waals surface area contributed by atoms with Gasteiger partial charge in [0.05, 0.1) is 18.7 Å². The summed E-state index contributed by atoms with van der Waals surface area (Å²) in [7, 11) is 0. The summed E-state index contributed by atoms with van der Waals surface area (Å²) in [6.07, 6.45) is 2.69. The summed E-state index contributed by atoms with van der Waals surface area (Å²) in [6.45, 7) is 3.19. The van der Waals surface area contributed by atoms with Gasteiger partial charge in [0.2, 0.25) is 0 Å². The summed E-state index contributed by atoms with van der Waals surface area (Å²) in [5, 5.41) is 22.1. The van der Waals surface area contributed by atoms with Crippen LogP contribution in [0.2, 0.25) is 0 Å². The van der Waals surface area contributed by atoms with Crippen molar-refractivity contribution in [2.24, 2.45) is 0 Å². The van der Waals surface area contributed by atoms with Gasteiger partial charge in [0.1, 0.15) is 0 Å². The Balaban J connectivity index is 1.79. The number of para-hydroxylation sites is 1. The van der Waals surface area contributed by atoms with Crippen LogP contribution in [0.15, 0.2) is 30.3 Å². The van der Waals surface area contributed by atoms with Crippen molar-refractivity contribution < 1.29 is 5.11 Å². The Kier molecular flexibility index (Phi) is 4.15. The number of benzene rings is 1. The van der Waals surface area contributed by atoms with Crippen molar-refractivity contribution in [3.63, 3.8) is 0 Å². The van der Waals surface area contributed by atoms with E-state index in [0.29, 0.717) is 19.1 Å². The Hall–Kier alpha value is -1.95. The number of hydrogen-bond donors (Lipinski definition) is 1. The first-order valence-electron chi connectivity index (χ1n) is 7.52. The van der Waals surface area contributed by atoms with Crippen LogP contribution < -0.4 is 4.90 Å². The topological polar surface area (TPSA) is 67.1 Å². The number of nitrogens with zero attached hydrogens (tertiary/aromatic N) is 5. The van der Waals surface area contributed by atoms with E-state index in [1.165, 1.54) is 0 Å². The molecular formula is C15H21N5O. The Morgan fingerprint density at radius 3 is 2.76 bits per heavy atom. The third-order valence-electron chi connectivity index (χ3n) is 3.81. The van der Waals surface area contributed by atoms with Crippen molar-refractivity contribution in [1.29, 1.82) is 0 Å². The van der Waals surface area contributed by atoms with E-state index in [-0.39, 0.29) is 6.10 Å². The van der Waals surface area contributed by atoms with Gasteiger partial charge in [-0.25, -0.2) is 4.68 Å². The van der Waals surface area contributed by atoms with Crippen LogP contribution in [-0.2, 0) is 6.54 Å². The Morgan fingerprint density at radius 2 is 2.10 bits per heavy atom. The molecule has 1 saturated carbocycles. The van der Waals surface area contributed by atoms with Gasteiger partial charge < -0.3 is 10.0 Å². The van der Waals surface area contributed by atoms with Crippen molar-refractivity contribution in [3.8, 4) is 0 Å². The largest absolute Gasteiger partial charge is 0.391 e. The fourth-order valence-electron chi connectivity index (χ4n) is 2.37. The van der Waals surface area contributed by atoms with Crippen LogP contribution in [0.3, 0.4) is 0 Å². The molecule has 1 N–H and O–H groups in total. The Labute approximate surface area is 124 Å². The molecule has 1 aromatic heterocycles. The zero-order chi connectivity index (χ0) is 14.7. The third-order valence-corrected chi connectivity index (χ3v) is 3.81. The van der Waals surface area contributed by atoms with Crippen LogP contribution in [0.5, 0.6) is 0 Å². The number of aliphatic hydroxyl groups excluding tert-OH is 1. The molecule has 1 fully saturated rings. The lowest BCUT2D eigenvalue weighted by atomic mass is 10.2. The fraction of sp³-hybridized carbons (Fsp3) is 0.533. The first kappa shape index (κ1) is 14.0. The van der Waals surface area contributed by atoms with E-state index >= 15 is 0 Å². The molecule has 1 heterocycles. The summed E-state index contributed by atoms with van der Waals surface area (Å²) >= 11 is 0. The molecule has 2 aromatic rings. The molecule has 0 spiro atoms. The summed E-state index contributed by atoms with van der Waals surface area (Å²) < 4.78 is 1.92. The Bertz CT molecular complexity index is 566. The smallest absolute Gasteiger partial charge is 0.170 e. The van der Waals surface area contributed by atoms with Gasteiger partial charge in [-0.15, -0.1) is 5.10 Å². The molecule has 3 rings (SSSR count). The van der Waals surface area contributed by atoms with Crippen molar-refractivity contribution in [3.05, 3.63) is 36.2 Å². The van der Waals surface area contributed by atoms with Crippen LogP contribution >= 0.6 is 0 Å². The van der Waals surface area contributed by atoms with E-state index in [4.69, 9.17) is 0 Å². The minimum absolute atomic E-state index is 0.351. The molecule has 1 unspecified atom stereocenters. The predicted molar refractivity (Wildman–Crippen MR) is 79.9 cm³/mol. The number of rotatable bonds is 7. The molecule has 6 nitrogen and oxygen atoms in total. The molecule has 0 amide bonds. The summed E-state index contributed by atoms with van der Waals surface area (Å²) in [6, 6.07) is 10.6. The SMILES string of the molecule is CCC(O)CN(Cc1nnnn1C1CC1)c1ccccc1. The van der Waals surface area contributed by atoms with Crippen LogP contribution in [0, 0.1) is 0 Å². The zero-order valence-electron chi connectivity index (χ0n) is 12.3. The second-order valence-corrected chi connectivity index (χ2v) is 5.55. The monoisotopic (exact) mass is 287 g/mol. The number of aliphatic hydroxyl groups is 1. The van der Waals surface area contributed by atoms with Gasteiger partial charge in [-0.2, -0.15) is 0 Å². The average Bonchev–Trinajstić information content (AvgIpc) is 3.27. The molecule has 21 heavy (non-hydrogen) atoms. The van der Waals surface area contributed by atoms with Gasteiger partial charge in [0, 0.05) is 12.2 Å². The van der Waals surface area contributed by atoms with Gasteiger partial charge in [-0.05, 0) is 41.8 Å². The molecule has 112 valence electrons. The number of hydrogen-bond acceptors (Lipinski definition) is 5. The minimum Gasteiger partial charge on any atom is -0.391 e. The molecule has 6 heteroatoms. The van der Waals surface area contributed by atoms with Crippen LogP contribution in [0.4, 0.5) is 5.69 Å². The van der Waals surface area contributed by atoms with Crippen LogP contribution in [0.25, 0.3) is 0 Å². The maximum atomic E-state index is 10.0. The predicted octanol–water partition coefficient (Wildman–Crippen LogP) is 1.79. The molecule has 0 bridgehead atoms. The molecule has 1 aliphatic carbocycles. The highest BCUT2D eigenvalue weighted by Gasteiger charge is 2.28. The molecule has 0 radical (unpaired) electrons. The van der Waals surface area contributed by atoms with E-state index in [2.05, 4.69) is 20.4 Å². The molecule has 1 atom stereocenters. The van der Waals surface area contributed by atoms with Crippen LogP contribution in [0.1, 0.15) is 38.1 Å². The van der Waals surface area contributed by atoms with Gasteiger partial charge in [0.15, 0.2) is 5.82 Å². The standard InChI is InChI=1S/C15H21N5O/c1-2-14(21)10-19(12-6-4-3-5-7-12)11-15-16-17-18-20(15)13-8-9-13/h3-7,13-14,21H,2,8-11H2,1H3. The maximum absolute atomic E-state index is 10.0. The van der Waals surface area contributed by atoms with Gasteiger partial charge >= 0.3 is 0 Å². The highest BCUT2D eigenvalue weighted by Crippen LogP contribution is 2.34. The number of anilines is 1. The lowest BCUT2D eigenvalue weighted by molar-refractivity contribution is 0.175. The fourth-order valence-corrected chi connectivity index (χ4v) is 2.37. The molecule has 0 aliphatic heterocycles. The van der Waals surface area contributed by atoms with Crippen molar-refractivity contribution in [1.82, 2.24) is 20.2 Å². The van der Waals surface area contributed by atoms with Crippen molar-refractivity contribution in [2.45, 2.75) is 44.9 Å². The quantitative estimate of drug-likeness (QED) is 0.841. The summed E-state index contributed by atoms with van der Waals surface area (Å²) in [4.78, 5) is 2.14. The maximum Gasteiger partial charge on any atom is 0.170 e. The first-order valence-corrected chi connectivity index (χ1v) is 7.52. The second kappa shape index (κ2) is 6.22. The van der Waals surface area contributed by atoms with E-state index < -0.39 is 0 Å². The lowest BCUT2D eigenvalue weighted by Crippen LogP contribution is -2.32. The van der Waals surface area contributed by atoms with E-state index in [0.717, 1.165) is 30.8 Å². The van der Waals surface area contributed by atoms with Gasteiger partial charge in [-0.1, -0.05) is 25.1 Å². The summed E-state index contributed by atoms with van der Waals surface area (Å²) in [5.41, 5.74) is 1.08. The zero-order valence-corrected chi connectivity index (χ0v) is 12.3. The average molecular weight is 287 g/mol. The summed E-state index contributed by atoms with van der Waals surface area (Å²) in [5.74, 6) is 0.865. The van der Waals surface area contributed by atoms with Crippen LogP contribution in [-0.4, -0.2) is 38.0 Å². The highest BCUT2D eigenvalue weighted by molar-refractivity contribution is 5.46. The normalized spacial score (nSPS) is 15.9. The van der Waals surface area contributed by atoms with E-state index in [1.807, 2.05) is 41.9 Å². The van der Waals surface area contributed by atoms with Crippen molar-refractivity contribution >= 4 is 5.69 Å². The third kappa shape index (κ3) is 3.39. The Morgan fingerprint density at radius 1 is 1.33 bits per heavy atom. The molecule has 1 aromatic carbocycles. The van der Waals surface area contributed by atoms with Gasteiger partial charge in [0.25, 0.3) is 0 Å². The van der Waals surface area contributed by atoms with E-state index in [1.54, 1.807) is 0 Å². The lowest BCUT2D eigenvalue weighted by Gasteiger charge is -2.26. The molecule has 1 aliphatic rings. The first-order chi connectivity index (χ1) is 10.3. The van der Waals surface area contributed by atoms with E-state index in [9.17, 15) is 5.11 Å².